The number of rotatable bonds is 4. The van der Waals surface area contributed by atoms with Gasteiger partial charge in [-0.3, -0.25) is 0 Å². The summed E-state index contributed by atoms with van der Waals surface area (Å²) in [6.07, 6.45) is 1.71. The van der Waals surface area contributed by atoms with Gasteiger partial charge in [0.1, 0.15) is 16.0 Å². The van der Waals surface area contributed by atoms with Crippen LogP contribution in [0, 0.1) is 0 Å². The number of carbonyl (C=O) groups excluding carboxylic acids is 1. The number of carbonyl (C=O) groups is 1. The number of alkyl carbamates (subject to hydrolysis) is 1. The minimum absolute atomic E-state index is 0.412. The molecule has 0 aromatic carbocycles. The Kier molecular flexibility index (Phi) is 4.88. The Morgan fingerprint density at radius 2 is 2.10 bits per heavy atom. The number of ether oxygens (including phenoxy) is 1. The lowest BCUT2D eigenvalue weighted by Crippen LogP contribution is -2.34. The van der Waals surface area contributed by atoms with Crippen molar-refractivity contribution < 1.29 is 9.53 Å². The molecule has 1 aliphatic rings. The van der Waals surface area contributed by atoms with Gasteiger partial charge in [0, 0.05) is 5.70 Å². The summed E-state index contributed by atoms with van der Waals surface area (Å²) >= 11 is 3.34. The summed E-state index contributed by atoms with van der Waals surface area (Å²) in [4.78, 5) is 16.0. The molecule has 6 heteroatoms. The molecule has 0 spiro atoms. The standard InChI is InChI=1S/C15H20BrN3O2/c1-15(2,3)21-14(20)17-9-11(10-7-8-10)18-13-6-4-5-12(16)19-13/h4-6H,7-9H2,1-3H3,(H,17,20)(H,18,19). The topological polar surface area (TPSA) is 63.2 Å². The Labute approximate surface area is 133 Å². The third-order valence-corrected chi connectivity index (χ3v) is 3.17. The lowest BCUT2D eigenvalue weighted by Gasteiger charge is -2.20. The number of nitrogens with zero attached hydrogens (tertiary/aromatic N) is 1. The van der Waals surface area contributed by atoms with Crippen LogP contribution in [0.5, 0.6) is 0 Å². The Hall–Kier alpha value is -1.56. The molecule has 21 heavy (non-hydrogen) atoms. The van der Waals surface area contributed by atoms with E-state index in [9.17, 15) is 4.79 Å². The summed E-state index contributed by atoms with van der Waals surface area (Å²) in [5.41, 5.74) is 1.82. The highest BCUT2D eigenvalue weighted by Crippen LogP contribution is 2.31. The number of allylic oxidation sites excluding steroid dienone is 1. The first-order valence-corrected chi connectivity index (χ1v) is 7.70. The van der Waals surface area contributed by atoms with Crippen molar-refractivity contribution >= 4 is 27.8 Å². The number of halogens is 1. The maximum absolute atomic E-state index is 11.7. The van der Waals surface area contributed by atoms with Gasteiger partial charge in [-0.2, -0.15) is 0 Å². The SMILES string of the molecule is CC(C)(C)OC(=O)NCC(Nc1cccc(Br)n1)=C1CC1. The zero-order valence-electron chi connectivity index (χ0n) is 12.5. The van der Waals surface area contributed by atoms with Gasteiger partial charge in [-0.1, -0.05) is 6.07 Å². The molecule has 1 heterocycles. The molecule has 0 bridgehead atoms. The Balaban J connectivity index is 1.93. The van der Waals surface area contributed by atoms with Crippen LogP contribution in [0.4, 0.5) is 10.6 Å². The van der Waals surface area contributed by atoms with Crippen molar-refractivity contribution in [3.63, 3.8) is 0 Å². The van der Waals surface area contributed by atoms with Crippen LogP contribution in [0.25, 0.3) is 0 Å². The van der Waals surface area contributed by atoms with Crippen LogP contribution >= 0.6 is 15.9 Å². The van der Waals surface area contributed by atoms with E-state index < -0.39 is 11.7 Å². The maximum Gasteiger partial charge on any atom is 0.407 e. The molecule has 1 amide bonds. The first kappa shape index (κ1) is 15.8. The fourth-order valence-corrected chi connectivity index (χ4v) is 2.07. The van der Waals surface area contributed by atoms with Gasteiger partial charge in [-0.25, -0.2) is 9.78 Å². The Bertz CT molecular complexity index is 558. The van der Waals surface area contributed by atoms with Gasteiger partial charge < -0.3 is 15.4 Å². The molecule has 5 nitrogen and oxygen atoms in total. The minimum Gasteiger partial charge on any atom is -0.444 e. The molecule has 1 fully saturated rings. The fourth-order valence-electron chi connectivity index (χ4n) is 1.73. The number of amides is 1. The monoisotopic (exact) mass is 353 g/mol. The second kappa shape index (κ2) is 6.47. The van der Waals surface area contributed by atoms with Gasteiger partial charge in [0.25, 0.3) is 0 Å². The first-order valence-electron chi connectivity index (χ1n) is 6.91. The molecule has 1 aromatic heterocycles. The van der Waals surface area contributed by atoms with Gasteiger partial charge in [0.05, 0.1) is 6.54 Å². The van der Waals surface area contributed by atoms with Crippen LogP contribution in [0.1, 0.15) is 33.6 Å². The number of pyridine rings is 1. The van der Waals surface area contributed by atoms with Crippen molar-refractivity contribution in [3.8, 4) is 0 Å². The largest absolute Gasteiger partial charge is 0.444 e. The van der Waals surface area contributed by atoms with Crippen LogP contribution in [0.15, 0.2) is 34.1 Å². The average Bonchev–Trinajstić information content (AvgIpc) is 3.16. The van der Waals surface area contributed by atoms with E-state index in [1.54, 1.807) is 0 Å². The van der Waals surface area contributed by atoms with Crippen LogP contribution in [-0.2, 0) is 4.74 Å². The molecule has 1 aliphatic carbocycles. The highest BCUT2D eigenvalue weighted by molar-refractivity contribution is 9.10. The van der Waals surface area contributed by atoms with Gasteiger partial charge >= 0.3 is 6.09 Å². The highest BCUT2D eigenvalue weighted by Gasteiger charge is 2.20. The maximum atomic E-state index is 11.7. The molecular weight excluding hydrogens is 334 g/mol. The normalized spacial score (nSPS) is 13.6. The third kappa shape index (κ3) is 5.75. The number of aromatic nitrogens is 1. The molecule has 0 saturated heterocycles. The van der Waals surface area contributed by atoms with Gasteiger partial charge in [0.15, 0.2) is 0 Å². The van der Waals surface area contributed by atoms with E-state index >= 15 is 0 Å². The van der Waals surface area contributed by atoms with Gasteiger partial charge in [0.2, 0.25) is 0 Å². The van der Waals surface area contributed by atoms with Crippen molar-refractivity contribution in [1.82, 2.24) is 10.3 Å². The van der Waals surface area contributed by atoms with Crippen molar-refractivity contribution in [3.05, 3.63) is 34.1 Å². The smallest absolute Gasteiger partial charge is 0.407 e. The predicted octanol–water partition coefficient (Wildman–Crippen LogP) is 3.83. The summed E-state index contributed by atoms with van der Waals surface area (Å²) < 4.78 is 6.01. The van der Waals surface area contributed by atoms with E-state index in [0.717, 1.165) is 29.0 Å². The fraction of sp³-hybridized carbons (Fsp3) is 0.467. The summed E-state index contributed by atoms with van der Waals surface area (Å²) in [5, 5.41) is 6.04. The number of nitrogens with one attached hydrogen (secondary N) is 2. The predicted molar refractivity (Wildman–Crippen MR) is 86.1 cm³/mol. The molecule has 2 N–H and O–H groups in total. The Morgan fingerprint density at radius 1 is 1.38 bits per heavy atom. The van der Waals surface area contributed by atoms with E-state index in [0.29, 0.717) is 6.54 Å². The second-order valence-electron chi connectivity index (χ2n) is 5.91. The lowest BCUT2D eigenvalue weighted by molar-refractivity contribution is 0.0533. The van der Waals surface area contributed by atoms with Crippen molar-refractivity contribution in [2.75, 3.05) is 11.9 Å². The van der Waals surface area contributed by atoms with Crippen LogP contribution in [0.3, 0.4) is 0 Å². The zero-order valence-corrected chi connectivity index (χ0v) is 14.1. The molecule has 0 aliphatic heterocycles. The zero-order chi connectivity index (χ0) is 15.5. The Morgan fingerprint density at radius 3 is 2.67 bits per heavy atom. The van der Waals surface area contributed by atoms with E-state index in [1.807, 2.05) is 39.0 Å². The molecule has 0 atom stereocenters. The molecule has 1 aromatic rings. The van der Waals surface area contributed by atoms with Crippen molar-refractivity contribution in [2.24, 2.45) is 0 Å². The van der Waals surface area contributed by atoms with E-state index in [4.69, 9.17) is 4.74 Å². The minimum atomic E-state index is -0.490. The van der Waals surface area contributed by atoms with E-state index in [1.165, 1.54) is 5.57 Å². The van der Waals surface area contributed by atoms with E-state index in [2.05, 4.69) is 31.5 Å². The number of anilines is 1. The molecule has 1 saturated carbocycles. The van der Waals surface area contributed by atoms with Crippen LogP contribution < -0.4 is 10.6 Å². The molecule has 0 radical (unpaired) electrons. The summed E-state index contributed by atoms with van der Waals surface area (Å²) in [6.45, 7) is 5.95. The third-order valence-electron chi connectivity index (χ3n) is 2.73. The number of hydrogen-bond acceptors (Lipinski definition) is 4. The highest BCUT2D eigenvalue weighted by atomic mass is 79.9. The molecular formula is C15H20BrN3O2. The lowest BCUT2D eigenvalue weighted by atomic mass is 10.2. The molecule has 114 valence electrons. The van der Waals surface area contributed by atoms with Crippen LogP contribution in [0.2, 0.25) is 0 Å². The van der Waals surface area contributed by atoms with E-state index in [-0.39, 0.29) is 0 Å². The summed E-state index contributed by atoms with van der Waals surface area (Å²) in [6, 6.07) is 5.67. The van der Waals surface area contributed by atoms with Crippen LogP contribution in [-0.4, -0.2) is 23.2 Å². The van der Waals surface area contributed by atoms with Gasteiger partial charge in [-0.15, -0.1) is 0 Å². The first-order chi connectivity index (χ1) is 9.83. The van der Waals surface area contributed by atoms with Crippen molar-refractivity contribution in [2.45, 2.75) is 39.2 Å². The quantitative estimate of drug-likeness (QED) is 0.807. The average molecular weight is 354 g/mol. The molecule has 2 rings (SSSR count). The molecule has 0 unspecified atom stereocenters. The second-order valence-corrected chi connectivity index (χ2v) is 6.72. The van der Waals surface area contributed by atoms with Gasteiger partial charge in [-0.05, 0) is 67.2 Å². The van der Waals surface area contributed by atoms with Crippen molar-refractivity contribution in [1.29, 1.82) is 0 Å². The summed E-state index contributed by atoms with van der Waals surface area (Å²) in [5.74, 6) is 0.754. The number of hydrogen-bond donors (Lipinski definition) is 2. The summed E-state index contributed by atoms with van der Waals surface area (Å²) in [7, 11) is 0.